The lowest BCUT2D eigenvalue weighted by Crippen LogP contribution is -1.99. The van der Waals surface area contributed by atoms with Crippen LogP contribution in [0.1, 0.15) is 0 Å². The molecule has 0 unspecified atom stereocenters. The zero-order valence-electron chi connectivity index (χ0n) is 40.3. The largest absolute Gasteiger partial charge is 0.309 e. The maximum atomic E-state index is 5.22. The Hall–Kier alpha value is -9.90. The molecule has 0 amide bonds. The normalized spacial score (nSPS) is 11.5. The second-order valence-corrected chi connectivity index (χ2v) is 18.9. The molecule has 4 heteroatoms. The Morgan fingerprint density at radius 1 is 0.243 bits per heavy atom. The van der Waals surface area contributed by atoms with Gasteiger partial charge in [-0.15, -0.1) is 0 Å². The van der Waals surface area contributed by atoms with Crippen LogP contribution in [-0.2, 0) is 0 Å². The van der Waals surface area contributed by atoms with E-state index in [4.69, 9.17) is 9.97 Å². The summed E-state index contributed by atoms with van der Waals surface area (Å²) in [6.07, 6.45) is 0. The summed E-state index contributed by atoms with van der Waals surface area (Å²) in [6.45, 7) is 0. The number of fused-ring (bicyclic) bond motifs is 6. The lowest BCUT2D eigenvalue weighted by atomic mass is 9.88. The Kier molecular flexibility index (Phi) is 10.5. The monoisotopic (exact) mass is 942 g/mol. The lowest BCUT2D eigenvalue weighted by Gasteiger charge is -2.19. The molecule has 0 aliphatic rings. The molecule has 0 aliphatic heterocycles. The van der Waals surface area contributed by atoms with Crippen molar-refractivity contribution in [2.24, 2.45) is 0 Å². The van der Waals surface area contributed by atoms with Crippen molar-refractivity contribution in [2.45, 2.75) is 0 Å². The molecule has 14 rings (SSSR count). The molecule has 3 heterocycles. The predicted octanol–water partition coefficient (Wildman–Crippen LogP) is 18.3. The first-order chi connectivity index (χ1) is 36.7. The molecule has 0 saturated carbocycles. The number of rotatable bonds is 9. The van der Waals surface area contributed by atoms with E-state index in [2.05, 4.69) is 276 Å². The van der Waals surface area contributed by atoms with Gasteiger partial charge in [-0.3, -0.25) is 0 Å². The maximum Gasteiger partial charge on any atom is 0.160 e. The van der Waals surface area contributed by atoms with E-state index < -0.39 is 0 Å². The van der Waals surface area contributed by atoms with Crippen molar-refractivity contribution in [3.63, 3.8) is 0 Å². The Balaban J connectivity index is 1.08. The first-order valence-corrected chi connectivity index (χ1v) is 25.2. The molecule has 74 heavy (non-hydrogen) atoms. The highest BCUT2D eigenvalue weighted by Crippen LogP contribution is 2.52. The van der Waals surface area contributed by atoms with Gasteiger partial charge in [0.05, 0.1) is 33.5 Å². The van der Waals surface area contributed by atoms with Gasteiger partial charge in [0.25, 0.3) is 0 Å². The van der Waals surface area contributed by atoms with Gasteiger partial charge in [-0.05, 0) is 94.0 Å². The Bertz CT molecular complexity index is 4320. The molecular weight excluding hydrogens is 897 g/mol. The number of aromatic nitrogens is 4. The van der Waals surface area contributed by atoms with Crippen LogP contribution < -0.4 is 0 Å². The van der Waals surface area contributed by atoms with Crippen LogP contribution in [0.3, 0.4) is 0 Å². The molecule has 0 fully saturated rings. The molecule has 4 nitrogen and oxygen atoms in total. The predicted molar refractivity (Wildman–Crippen MR) is 309 cm³/mol. The molecule has 0 saturated heterocycles. The zero-order valence-corrected chi connectivity index (χ0v) is 40.3. The average Bonchev–Trinajstić information content (AvgIpc) is 4.11. The number of nitrogens with zero attached hydrogens (tertiary/aromatic N) is 4. The van der Waals surface area contributed by atoms with Crippen LogP contribution in [0.2, 0.25) is 0 Å². The van der Waals surface area contributed by atoms with E-state index in [1.54, 1.807) is 0 Å². The third kappa shape index (κ3) is 7.31. The molecular formula is C70H46N4. The van der Waals surface area contributed by atoms with Crippen LogP contribution in [-0.4, -0.2) is 19.1 Å². The van der Waals surface area contributed by atoms with Crippen molar-refractivity contribution in [1.29, 1.82) is 0 Å². The van der Waals surface area contributed by atoms with Gasteiger partial charge in [-0.1, -0.05) is 218 Å². The van der Waals surface area contributed by atoms with Gasteiger partial charge in [0.2, 0.25) is 0 Å². The van der Waals surface area contributed by atoms with Crippen molar-refractivity contribution in [3.05, 3.63) is 279 Å². The Morgan fingerprint density at radius 3 is 1.01 bits per heavy atom. The summed E-state index contributed by atoms with van der Waals surface area (Å²) >= 11 is 0. The van der Waals surface area contributed by atoms with Gasteiger partial charge >= 0.3 is 0 Å². The van der Waals surface area contributed by atoms with Gasteiger partial charge in [0.1, 0.15) is 0 Å². The Morgan fingerprint density at radius 2 is 0.568 bits per heavy atom. The van der Waals surface area contributed by atoms with Crippen molar-refractivity contribution in [1.82, 2.24) is 19.1 Å². The minimum Gasteiger partial charge on any atom is -0.309 e. The van der Waals surface area contributed by atoms with Gasteiger partial charge in [0, 0.05) is 60.7 Å². The third-order valence-corrected chi connectivity index (χ3v) is 14.5. The summed E-state index contributed by atoms with van der Waals surface area (Å²) in [7, 11) is 0. The number of para-hydroxylation sites is 4. The second kappa shape index (κ2) is 18.1. The first-order valence-electron chi connectivity index (χ1n) is 25.2. The molecule has 0 N–H and O–H groups in total. The highest BCUT2D eigenvalue weighted by atomic mass is 15.0. The van der Waals surface area contributed by atoms with E-state index in [1.165, 1.54) is 43.8 Å². The second-order valence-electron chi connectivity index (χ2n) is 18.9. The minimum absolute atomic E-state index is 0.680. The van der Waals surface area contributed by atoms with Crippen molar-refractivity contribution < 1.29 is 0 Å². The summed E-state index contributed by atoms with van der Waals surface area (Å²) in [4.78, 5) is 10.4. The van der Waals surface area contributed by atoms with Gasteiger partial charge < -0.3 is 9.13 Å². The summed E-state index contributed by atoms with van der Waals surface area (Å²) in [6, 6.07) is 100. The van der Waals surface area contributed by atoms with E-state index in [9.17, 15) is 0 Å². The molecule has 346 valence electrons. The fourth-order valence-corrected chi connectivity index (χ4v) is 11.2. The standard InChI is InChI=1S/C70H46N4/c1-6-23-47(24-7-1)50-29-20-32-53(43-50)64-66-58-39-16-18-41-62(58)74(57-37-14-5-15-38-57)69(66)65(67-59-40-17-19-42-63(59)73(68(64)67)56-35-12-4-13-36-56)54-33-21-30-51(44-54)52-31-22-34-55(45-52)70-71-60(48-25-8-2-9-26-48)46-61(72-70)49-27-10-3-11-28-49/h1-46H. The van der Waals surface area contributed by atoms with Gasteiger partial charge in [-0.25, -0.2) is 9.97 Å². The number of hydrogen-bond acceptors (Lipinski definition) is 2. The number of benzene rings is 11. The third-order valence-electron chi connectivity index (χ3n) is 14.5. The van der Waals surface area contributed by atoms with Gasteiger partial charge in [0.15, 0.2) is 5.82 Å². The molecule has 11 aromatic carbocycles. The van der Waals surface area contributed by atoms with E-state index >= 15 is 0 Å². The maximum absolute atomic E-state index is 5.22. The highest BCUT2D eigenvalue weighted by Gasteiger charge is 2.29. The first kappa shape index (κ1) is 42.9. The van der Waals surface area contributed by atoms with E-state index in [0.717, 1.165) is 83.8 Å². The summed E-state index contributed by atoms with van der Waals surface area (Å²) in [5, 5.41) is 4.78. The van der Waals surface area contributed by atoms with Crippen LogP contribution in [0, 0.1) is 0 Å². The van der Waals surface area contributed by atoms with Crippen LogP contribution in [0.15, 0.2) is 279 Å². The average molecular weight is 943 g/mol. The fourth-order valence-electron chi connectivity index (χ4n) is 11.2. The molecule has 3 aromatic heterocycles. The molecule has 0 atom stereocenters. The van der Waals surface area contributed by atoms with Crippen molar-refractivity contribution in [3.8, 4) is 89.8 Å². The SMILES string of the molecule is c1ccc(-c2cccc(-c3c4c5ccccc5n(-c5ccccc5)c4c(-c4cccc(-c5cccc(-c6nc(-c7ccccc7)cc(-c7ccccc7)n6)c5)c4)c4c5ccccc5n(-c5ccccc5)c34)c2)cc1. The van der Waals surface area contributed by atoms with Crippen LogP contribution in [0.25, 0.3) is 133 Å². The van der Waals surface area contributed by atoms with E-state index in [0.29, 0.717) is 5.82 Å². The summed E-state index contributed by atoms with van der Waals surface area (Å²) < 4.78 is 5.01. The van der Waals surface area contributed by atoms with Gasteiger partial charge in [-0.2, -0.15) is 0 Å². The van der Waals surface area contributed by atoms with Crippen LogP contribution >= 0.6 is 0 Å². The highest BCUT2D eigenvalue weighted by molar-refractivity contribution is 6.33. The molecule has 0 bridgehead atoms. The lowest BCUT2D eigenvalue weighted by molar-refractivity contribution is 1.17. The quantitative estimate of drug-likeness (QED) is 0.145. The molecule has 0 spiro atoms. The zero-order chi connectivity index (χ0) is 49.0. The molecule has 14 aromatic rings. The topological polar surface area (TPSA) is 35.6 Å². The fraction of sp³-hybridized carbons (Fsp3) is 0. The van der Waals surface area contributed by atoms with Crippen molar-refractivity contribution >= 4 is 43.6 Å². The minimum atomic E-state index is 0.680. The number of hydrogen-bond donors (Lipinski definition) is 0. The molecule has 0 aliphatic carbocycles. The van der Waals surface area contributed by atoms with Crippen molar-refractivity contribution in [2.75, 3.05) is 0 Å². The smallest absolute Gasteiger partial charge is 0.160 e. The van der Waals surface area contributed by atoms with Crippen LogP contribution in [0.4, 0.5) is 0 Å². The molecule has 0 radical (unpaired) electrons. The Labute approximate surface area is 429 Å². The summed E-state index contributed by atoms with van der Waals surface area (Å²) in [5.74, 6) is 0.680. The van der Waals surface area contributed by atoms with E-state index in [-0.39, 0.29) is 0 Å². The van der Waals surface area contributed by atoms with Crippen LogP contribution in [0.5, 0.6) is 0 Å². The van der Waals surface area contributed by atoms with E-state index in [1.807, 2.05) is 12.1 Å². The summed E-state index contributed by atoms with van der Waals surface area (Å²) in [5.41, 5.74) is 20.8.